The van der Waals surface area contributed by atoms with Crippen molar-refractivity contribution in [3.63, 3.8) is 0 Å². The molecule has 4 rings (SSSR count). The van der Waals surface area contributed by atoms with Crippen LogP contribution in [-0.2, 0) is 14.8 Å². The predicted octanol–water partition coefficient (Wildman–Crippen LogP) is 2.05. The highest BCUT2D eigenvalue weighted by Gasteiger charge is 2.21. The molecule has 0 saturated carbocycles. The van der Waals surface area contributed by atoms with Gasteiger partial charge in [0.2, 0.25) is 6.79 Å². The zero-order chi connectivity index (χ0) is 17.3. The number of nitrogens with one attached hydrogen (secondary N) is 1. The van der Waals surface area contributed by atoms with Gasteiger partial charge in [-0.15, -0.1) is 0 Å². The lowest BCUT2D eigenvalue weighted by Crippen LogP contribution is -2.36. The van der Waals surface area contributed by atoms with E-state index in [1.807, 2.05) is 18.2 Å². The van der Waals surface area contributed by atoms with Gasteiger partial charge >= 0.3 is 0 Å². The molecule has 0 aromatic heterocycles. The molecule has 1 saturated heterocycles. The first-order valence-electron chi connectivity index (χ1n) is 7.97. The maximum Gasteiger partial charge on any atom is 0.262 e. The third-order valence-corrected chi connectivity index (χ3v) is 5.51. The van der Waals surface area contributed by atoms with Crippen LogP contribution in [0.2, 0.25) is 0 Å². The number of rotatable bonds is 4. The van der Waals surface area contributed by atoms with Crippen LogP contribution < -0.4 is 19.1 Å². The van der Waals surface area contributed by atoms with Crippen LogP contribution in [0.5, 0.6) is 11.5 Å². The number of sulfonamides is 1. The molecule has 2 aliphatic rings. The topological polar surface area (TPSA) is 77.1 Å². The van der Waals surface area contributed by atoms with Crippen molar-refractivity contribution in [2.24, 2.45) is 0 Å². The fourth-order valence-electron chi connectivity index (χ4n) is 2.85. The van der Waals surface area contributed by atoms with Crippen LogP contribution in [0.15, 0.2) is 47.4 Å². The monoisotopic (exact) mass is 362 g/mol. The number of fused-ring (bicyclic) bond motifs is 1. The van der Waals surface area contributed by atoms with E-state index < -0.39 is 10.0 Å². The normalized spacial score (nSPS) is 16.7. The van der Waals surface area contributed by atoms with Gasteiger partial charge in [0, 0.05) is 24.8 Å². The van der Waals surface area contributed by atoms with Crippen molar-refractivity contribution in [3.05, 3.63) is 42.5 Å². The molecule has 0 spiro atoms. The summed E-state index contributed by atoms with van der Waals surface area (Å²) in [5.74, 6) is 0.984. The van der Waals surface area contributed by atoms with Crippen LogP contribution in [0.1, 0.15) is 0 Å². The number of ether oxygens (including phenoxy) is 3. The minimum Gasteiger partial charge on any atom is -0.454 e. The van der Waals surface area contributed by atoms with Crippen molar-refractivity contribution in [2.75, 3.05) is 42.7 Å². The van der Waals surface area contributed by atoms with E-state index >= 15 is 0 Å². The lowest BCUT2D eigenvalue weighted by Gasteiger charge is -2.29. The zero-order valence-electron chi connectivity index (χ0n) is 13.5. The number of hydrogen-bond donors (Lipinski definition) is 1. The third-order valence-electron chi connectivity index (χ3n) is 4.13. The van der Waals surface area contributed by atoms with E-state index in [4.69, 9.17) is 14.2 Å². The zero-order valence-corrected chi connectivity index (χ0v) is 14.3. The Morgan fingerprint density at radius 1 is 0.960 bits per heavy atom. The first-order chi connectivity index (χ1) is 12.1. The summed E-state index contributed by atoms with van der Waals surface area (Å²) < 4.78 is 43.7. The highest BCUT2D eigenvalue weighted by atomic mass is 32.2. The summed E-state index contributed by atoms with van der Waals surface area (Å²) in [5.41, 5.74) is 1.48. The van der Waals surface area contributed by atoms with Gasteiger partial charge in [-0.1, -0.05) is 6.07 Å². The van der Waals surface area contributed by atoms with Gasteiger partial charge in [-0.25, -0.2) is 8.42 Å². The molecule has 8 heteroatoms. The summed E-state index contributed by atoms with van der Waals surface area (Å²) in [5, 5.41) is 0. The molecule has 132 valence electrons. The number of morpholine rings is 1. The number of benzene rings is 2. The van der Waals surface area contributed by atoms with E-state index in [-0.39, 0.29) is 11.7 Å². The number of anilines is 2. The minimum atomic E-state index is -3.71. The van der Waals surface area contributed by atoms with Crippen LogP contribution in [0.4, 0.5) is 11.4 Å². The highest BCUT2D eigenvalue weighted by molar-refractivity contribution is 7.92. The molecule has 2 aromatic carbocycles. The van der Waals surface area contributed by atoms with Crippen molar-refractivity contribution < 1.29 is 22.6 Å². The molecule has 7 nitrogen and oxygen atoms in total. The molecule has 0 radical (unpaired) electrons. The first kappa shape index (κ1) is 16.0. The molecule has 2 aliphatic heterocycles. The Hall–Kier alpha value is -2.45. The Labute approximate surface area is 146 Å². The second-order valence-corrected chi connectivity index (χ2v) is 7.45. The van der Waals surface area contributed by atoms with Crippen molar-refractivity contribution in [2.45, 2.75) is 4.90 Å². The van der Waals surface area contributed by atoms with Gasteiger partial charge in [0.1, 0.15) is 0 Å². The van der Waals surface area contributed by atoms with Crippen molar-refractivity contribution in [1.82, 2.24) is 0 Å². The van der Waals surface area contributed by atoms with Gasteiger partial charge in [0.25, 0.3) is 10.0 Å². The van der Waals surface area contributed by atoms with Gasteiger partial charge in [-0.3, -0.25) is 4.72 Å². The minimum absolute atomic E-state index is 0.105. The Kier molecular flexibility index (Phi) is 4.14. The summed E-state index contributed by atoms with van der Waals surface area (Å²) in [4.78, 5) is 2.30. The highest BCUT2D eigenvalue weighted by Crippen LogP contribution is 2.34. The second-order valence-electron chi connectivity index (χ2n) is 5.77. The van der Waals surface area contributed by atoms with E-state index in [2.05, 4.69) is 9.62 Å². The van der Waals surface area contributed by atoms with Crippen LogP contribution >= 0.6 is 0 Å². The van der Waals surface area contributed by atoms with Gasteiger partial charge in [-0.05, 0) is 30.3 Å². The van der Waals surface area contributed by atoms with E-state index in [1.165, 1.54) is 12.1 Å². The Balaban J connectivity index is 1.56. The van der Waals surface area contributed by atoms with Crippen molar-refractivity contribution in [1.29, 1.82) is 0 Å². The number of hydrogen-bond acceptors (Lipinski definition) is 6. The van der Waals surface area contributed by atoms with E-state index in [1.54, 1.807) is 12.1 Å². The molecule has 2 aromatic rings. The lowest BCUT2D eigenvalue weighted by molar-refractivity contribution is 0.122. The average molecular weight is 362 g/mol. The van der Waals surface area contributed by atoms with Crippen LogP contribution in [0.3, 0.4) is 0 Å². The predicted molar refractivity (Wildman–Crippen MR) is 92.8 cm³/mol. The molecular formula is C17H18N2O5S. The van der Waals surface area contributed by atoms with E-state index in [0.29, 0.717) is 30.4 Å². The maximum absolute atomic E-state index is 12.6. The molecule has 0 unspecified atom stereocenters. The standard InChI is InChI=1S/C17H18N2O5S/c20-25(21,15-4-5-16-17(11-15)24-12-23-16)18-13-2-1-3-14(10-13)19-6-8-22-9-7-19/h1-5,10-11,18H,6-9,12H2. The van der Waals surface area contributed by atoms with Crippen LogP contribution in [-0.4, -0.2) is 41.5 Å². The molecule has 1 fully saturated rings. The van der Waals surface area contributed by atoms with Crippen molar-refractivity contribution in [3.8, 4) is 11.5 Å². The Morgan fingerprint density at radius 2 is 1.76 bits per heavy atom. The summed E-state index contributed by atoms with van der Waals surface area (Å²) in [7, 11) is -3.71. The van der Waals surface area contributed by atoms with E-state index in [9.17, 15) is 8.42 Å². The third kappa shape index (κ3) is 3.35. The Morgan fingerprint density at radius 3 is 2.60 bits per heavy atom. The van der Waals surface area contributed by atoms with Crippen LogP contribution in [0, 0.1) is 0 Å². The molecule has 0 amide bonds. The molecule has 25 heavy (non-hydrogen) atoms. The SMILES string of the molecule is O=S(=O)(Nc1cccc(N2CCOCC2)c1)c1ccc2c(c1)OCO2. The second kappa shape index (κ2) is 6.45. The molecule has 1 N–H and O–H groups in total. The maximum atomic E-state index is 12.6. The molecule has 2 heterocycles. The first-order valence-corrected chi connectivity index (χ1v) is 9.45. The van der Waals surface area contributed by atoms with Crippen molar-refractivity contribution >= 4 is 21.4 Å². The lowest BCUT2D eigenvalue weighted by atomic mass is 10.2. The number of nitrogens with zero attached hydrogens (tertiary/aromatic N) is 1. The summed E-state index contributed by atoms with van der Waals surface area (Å²) >= 11 is 0. The van der Waals surface area contributed by atoms with Gasteiger partial charge in [0.15, 0.2) is 11.5 Å². The molecular weight excluding hydrogens is 344 g/mol. The van der Waals surface area contributed by atoms with Gasteiger partial charge in [-0.2, -0.15) is 0 Å². The molecule has 0 aliphatic carbocycles. The van der Waals surface area contributed by atoms with E-state index in [0.717, 1.165) is 18.8 Å². The fourth-order valence-corrected chi connectivity index (χ4v) is 3.91. The van der Waals surface area contributed by atoms with Gasteiger partial charge < -0.3 is 19.1 Å². The fraction of sp³-hybridized carbons (Fsp3) is 0.294. The average Bonchev–Trinajstić information content (AvgIpc) is 3.10. The summed E-state index contributed by atoms with van der Waals surface area (Å²) in [6, 6.07) is 11.9. The Bertz CT molecular complexity index is 878. The summed E-state index contributed by atoms with van der Waals surface area (Å²) in [6.45, 7) is 3.03. The smallest absolute Gasteiger partial charge is 0.262 e. The molecule has 0 atom stereocenters. The largest absolute Gasteiger partial charge is 0.454 e. The summed E-state index contributed by atoms with van der Waals surface area (Å²) in [6.07, 6.45) is 0. The molecule has 0 bridgehead atoms. The van der Waals surface area contributed by atoms with Crippen LogP contribution in [0.25, 0.3) is 0 Å². The van der Waals surface area contributed by atoms with Gasteiger partial charge in [0.05, 0.1) is 23.8 Å². The quantitative estimate of drug-likeness (QED) is 0.897.